The summed E-state index contributed by atoms with van der Waals surface area (Å²) in [6.45, 7) is 4.67. The number of benzene rings is 1. The Bertz CT molecular complexity index is 678. The highest BCUT2D eigenvalue weighted by molar-refractivity contribution is 5.31. The number of hydrogen-bond donors (Lipinski definition) is 1. The summed E-state index contributed by atoms with van der Waals surface area (Å²) >= 11 is 0. The summed E-state index contributed by atoms with van der Waals surface area (Å²) in [6, 6.07) is 10.2. The van der Waals surface area contributed by atoms with Gasteiger partial charge in [-0.1, -0.05) is 29.4 Å². The molecule has 2 aromatic rings. The van der Waals surface area contributed by atoms with Gasteiger partial charge in [-0.05, 0) is 37.4 Å². The van der Waals surface area contributed by atoms with Crippen LogP contribution in [0.2, 0.25) is 0 Å². The summed E-state index contributed by atoms with van der Waals surface area (Å²) in [5, 5.41) is 11.3. The maximum atomic E-state index is 5.71. The minimum atomic E-state index is 0.619. The molecule has 1 aliphatic heterocycles. The maximum absolute atomic E-state index is 5.71. The molecule has 128 valence electrons. The predicted octanol–water partition coefficient (Wildman–Crippen LogP) is 1.47. The van der Waals surface area contributed by atoms with Crippen LogP contribution in [-0.2, 0) is 19.4 Å². The normalized spacial score (nSPS) is 21.7. The van der Waals surface area contributed by atoms with E-state index in [1.807, 2.05) is 7.05 Å². The van der Waals surface area contributed by atoms with Gasteiger partial charge in [0.15, 0.2) is 0 Å². The molecule has 2 aliphatic rings. The van der Waals surface area contributed by atoms with E-state index in [9.17, 15) is 0 Å². The van der Waals surface area contributed by atoms with Gasteiger partial charge in [-0.2, -0.15) is 0 Å². The number of rotatable bonds is 4. The molecule has 1 saturated heterocycles. The zero-order chi connectivity index (χ0) is 16.4. The summed E-state index contributed by atoms with van der Waals surface area (Å²) in [7, 11) is 1.88. The fraction of sp³-hybridized carbons (Fsp3) is 0.556. The molecule has 4 rings (SSSR count). The molecule has 6 heteroatoms. The molecule has 1 aliphatic carbocycles. The fourth-order valence-electron chi connectivity index (χ4n) is 3.86. The molecule has 0 radical (unpaired) electrons. The first-order valence-electron chi connectivity index (χ1n) is 8.86. The minimum absolute atomic E-state index is 0.619. The average Bonchev–Trinajstić information content (AvgIpc) is 3.10. The number of aromatic nitrogens is 2. The second-order valence-electron chi connectivity index (χ2n) is 6.70. The number of hydrogen-bond acceptors (Lipinski definition) is 6. The van der Waals surface area contributed by atoms with Gasteiger partial charge in [0, 0.05) is 32.2 Å². The summed E-state index contributed by atoms with van der Waals surface area (Å²) in [4.78, 5) is 4.84. The van der Waals surface area contributed by atoms with Crippen LogP contribution in [0, 0.1) is 0 Å². The second kappa shape index (κ2) is 6.91. The Balaban J connectivity index is 1.34. The molecule has 0 spiro atoms. The molecule has 1 aromatic heterocycles. The van der Waals surface area contributed by atoms with Crippen LogP contribution in [0.4, 0.5) is 6.01 Å². The van der Waals surface area contributed by atoms with Gasteiger partial charge in [-0.15, -0.1) is 5.10 Å². The van der Waals surface area contributed by atoms with Gasteiger partial charge in [0.25, 0.3) is 0 Å². The van der Waals surface area contributed by atoms with Crippen LogP contribution in [0.15, 0.2) is 28.7 Å². The lowest BCUT2D eigenvalue weighted by atomic mass is 9.87. The van der Waals surface area contributed by atoms with Crippen molar-refractivity contribution in [3.8, 4) is 0 Å². The predicted molar refractivity (Wildman–Crippen MR) is 93.1 cm³/mol. The van der Waals surface area contributed by atoms with Crippen LogP contribution in [-0.4, -0.2) is 54.4 Å². The first-order chi connectivity index (χ1) is 11.8. The summed E-state index contributed by atoms with van der Waals surface area (Å²) in [6.07, 6.45) is 3.66. The Morgan fingerprint density at radius 1 is 1.12 bits per heavy atom. The molecule has 0 amide bonds. The lowest BCUT2D eigenvalue weighted by molar-refractivity contribution is 0.167. The standard InChI is InChI=1S/C18H25N5O/c1-19-13-17-20-21-18(24-17)23-10-8-22(9-11-23)16-7-6-14-4-2-3-5-15(14)12-16/h2-5,16,19H,6-13H2,1H3. The van der Waals surface area contributed by atoms with E-state index in [2.05, 4.69) is 49.6 Å². The van der Waals surface area contributed by atoms with Crippen LogP contribution in [0.25, 0.3) is 0 Å². The molecule has 1 fully saturated rings. The third-order valence-electron chi connectivity index (χ3n) is 5.21. The van der Waals surface area contributed by atoms with Crippen molar-refractivity contribution in [2.45, 2.75) is 31.8 Å². The molecular formula is C18H25N5O. The van der Waals surface area contributed by atoms with Crippen LogP contribution < -0.4 is 10.2 Å². The van der Waals surface area contributed by atoms with Gasteiger partial charge in [0.1, 0.15) is 0 Å². The van der Waals surface area contributed by atoms with Crippen molar-refractivity contribution in [1.29, 1.82) is 0 Å². The zero-order valence-electron chi connectivity index (χ0n) is 14.2. The van der Waals surface area contributed by atoms with E-state index >= 15 is 0 Å². The summed E-state index contributed by atoms with van der Waals surface area (Å²) < 4.78 is 5.71. The monoisotopic (exact) mass is 327 g/mol. The van der Waals surface area contributed by atoms with Crippen molar-refractivity contribution >= 4 is 6.01 Å². The van der Waals surface area contributed by atoms with Crippen molar-refractivity contribution in [2.24, 2.45) is 0 Å². The van der Waals surface area contributed by atoms with E-state index in [0.717, 1.165) is 26.2 Å². The number of piperazine rings is 1. The Kier molecular flexibility index (Phi) is 4.49. The number of anilines is 1. The second-order valence-corrected chi connectivity index (χ2v) is 6.70. The van der Waals surface area contributed by atoms with Crippen LogP contribution in [0.5, 0.6) is 0 Å². The molecule has 1 aromatic carbocycles. The molecule has 0 saturated carbocycles. The Labute approximate surface area is 142 Å². The quantitative estimate of drug-likeness (QED) is 0.918. The van der Waals surface area contributed by atoms with Crippen molar-refractivity contribution in [1.82, 2.24) is 20.4 Å². The molecule has 1 atom stereocenters. The SMILES string of the molecule is CNCc1nnc(N2CCN(C3CCc4ccccc4C3)CC2)o1. The molecule has 6 nitrogen and oxygen atoms in total. The Hall–Kier alpha value is -1.92. The van der Waals surface area contributed by atoms with E-state index in [4.69, 9.17) is 4.42 Å². The molecule has 2 heterocycles. The minimum Gasteiger partial charge on any atom is -0.407 e. The number of nitrogens with one attached hydrogen (secondary N) is 1. The van der Waals surface area contributed by atoms with Gasteiger partial charge in [-0.3, -0.25) is 4.90 Å². The Morgan fingerprint density at radius 2 is 1.92 bits per heavy atom. The van der Waals surface area contributed by atoms with E-state index in [1.165, 1.54) is 30.4 Å². The van der Waals surface area contributed by atoms with E-state index in [0.29, 0.717) is 24.5 Å². The van der Waals surface area contributed by atoms with Crippen LogP contribution in [0.1, 0.15) is 23.4 Å². The highest BCUT2D eigenvalue weighted by atomic mass is 16.4. The first-order valence-corrected chi connectivity index (χ1v) is 8.86. The highest BCUT2D eigenvalue weighted by Crippen LogP contribution is 2.26. The van der Waals surface area contributed by atoms with Crippen molar-refractivity contribution in [3.63, 3.8) is 0 Å². The largest absolute Gasteiger partial charge is 0.407 e. The maximum Gasteiger partial charge on any atom is 0.318 e. The summed E-state index contributed by atoms with van der Waals surface area (Å²) in [5.41, 5.74) is 3.07. The molecule has 0 bridgehead atoms. The van der Waals surface area contributed by atoms with E-state index in [1.54, 1.807) is 0 Å². The summed E-state index contributed by atoms with van der Waals surface area (Å²) in [5.74, 6) is 0.652. The molecular weight excluding hydrogens is 302 g/mol. The average molecular weight is 327 g/mol. The first kappa shape index (κ1) is 15.6. The highest BCUT2D eigenvalue weighted by Gasteiger charge is 2.28. The lowest BCUT2D eigenvalue weighted by Gasteiger charge is -2.40. The lowest BCUT2D eigenvalue weighted by Crippen LogP contribution is -2.51. The fourth-order valence-corrected chi connectivity index (χ4v) is 3.86. The third kappa shape index (κ3) is 3.16. The molecule has 24 heavy (non-hydrogen) atoms. The van der Waals surface area contributed by atoms with Gasteiger partial charge < -0.3 is 14.6 Å². The van der Waals surface area contributed by atoms with Crippen molar-refractivity contribution < 1.29 is 4.42 Å². The van der Waals surface area contributed by atoms with Gasteiger partial charge in [0.05, 0.1) is 6.54 Å². The van der Waals surface area contributed by atoms with Crippen molar-refractivity contribution in [3.05, 3.63) is 41.3 Å². The number of nitrogens with zero attached hydrogens (tertiary/aromatic N) is 4. The number of fused-ring (bicyclic) bond motifs is 1. The Morgan fingerprint density at radius 3 is 2.71 bits per heavy atom. The van der Waals surface area contributed by atoms with Crippen LogP contribution in [0.3, 0.4) is 0 Å². The number of aryl methyl sites for hydroxylation is 1. The van der Waals surface area contributed by atoms with Gasteiger partial charge in [0.2, 0.25) is 5.89 Å². The van der Waals surface area contributed by atoms with E-state index in [-0.39, 0.29) is 0 Å². The molecule has 1 unspecified atom stereocenters. The molecule has 1 N–H and O–H groups in total. The topological polar surface area (TPSA) is 57.4 Å². The van der Waals surface area contributed by atoms with Crippen molar-refractivity contribution in [2.75, 3.05) is 38.1 Å². The van der Waals surface area contributed by atoms with Gasteiger partial charge >= 0.3 is 6.01 Å². The smallest absolute Gasteiger partial charge is 0.318 e. The zero-order valence-corrected chi connectivity index (χ0v) is 14.2. The third-order valence-corrected chi connectivity index (χ3v) is 5.21. The van der Waals surface area contributed by atoms with Gasteiger partial charge in [-0.25, -0.2) is 0 Å². The van der Waals surface area contributed by atoms with Crippen LogP contribution >= 0.6 is 0 Å². The van der Waals surface area contributed by atoms with E-state index < -0.39 is 0 Å².